The summed E-state index contributed by atoms with van der Waals surface area (Å²) in [5.41, 5.74) is 3.95. The van der Waals surface area contributed by atoms with E-state index in [0.717, 1.165) is 24.0 Å². The molecule has 18 heavy (non-hydrogen) atoms. The molecule has 0 heterocycles. The maximum atomic E-state index is 11.4. The Morgan fingerprint density at radius 3 is 1.78 bits per heavy atom. The van der Waals surface area contributed by atoms with Crippen LogP contribution in [0, 0.1) is 5.41 Å². The summed E-state index contributed by atoms with van der Waals surface area (Å²) >= 11 is 0. The predicted molar refractivity (Wildman–Crippen MR) is 71.4 cm³/mol. The van der Waals surface area contributed by atoms with E-state index in [-0.39, 0.29) is 5.41 Å². The molecule has 0 bridgehead atoms. The van der Waals surface area contributed by atoms with Gasteiger partial charge in [-0.25, -0.2) is 0 Å². The van der Waals surface area contributed by atoms with Crippen molar-refractivity contribution in [2.45, 2.75) is 25.4 Å². The summed E-state index contributed by atoms with van der Waals surface area (Å²) in [4.78, 5) is 0. The molecule has 1 heteroatoms. The third-order valence-corrected chi connectivity index (χ3v) is 4.85. The van der Waals surface area contributed by atoms with Crippen LogP contribution in [-0.2, 0) is 18.4 Å². The van der Waals surface area contributed by atoms with E-state index in [1.54, 1.807) is 0 Å². The molecule has 2 aliphatic rings. The third-order valence-electron chi connectivity index (χ3n) is 4.85. The van der Waals surface area contributed by atoms with E-state index in [1.165, 1.54) is 11.1 Å². The normalized spacial score (nSPS) is 31.9. The first kappa shape index (κ1) is 10.3. The molecule has 0 aliphatic heterocycles. The summed E-state index contributed by atoms with van der Waals surface area (Å²) < 4.78 is 0. The maximum absolute atomic E-state index is 11.4. The Hall–Kier alpha value is -1.60. The largest absolute Gasteiger partial charge is 0.380 e. The molecule has 0 amide bonds. The van der Waals surface area contributed by atoms with Gasteiger partial charge in [0.15, 0.2) is 0 Å². The Kier molecular flexibility index (Phi) is 1.75. The van der Waals surface area contributed by atoms with Gasteiger partial charge in [-0.3, -0.25) is 0 Å². The topological polar surface area (TPSA) is 20.2 Å². The second-order valence-corrected chi connectivity index (χ2v) is 5.94. The van der Waals surface area contributed by atoms with Gasteiger partial charge in [0.2, 0.25) is 0 Å². The van der Waals surface area contributed by atoms with Crippen molar-refractivity contribution >= 4 is 0 Å². The number of aliphatic hydroxyl groups is 1. The van der Waals surface area contributed by atoms with Crippen LogP contribution in [0.3, 0.4) is 0 Å². The molecule has 0 unspecified atom stereocenters. The van der Waals surface area contributed by atoms with Gasteiger partial charge in [-0.15, -0.1) is 0 Å². The van der Waals surface area contributed by atoms with Gasteiger partial charge >= 0.3 is 0 Å². The molecule has 0 saturated heterocycles. The molecule has 0 spiro atoms. The van der Waals surface area contributed by atoms with Crippen LogP contribution in [0.4, 0.5) is 0 Å². The highest BCUT2D eigenvalue weighted by atomic mass is 16.3. The van der Waals surface area contributed by atoms with Crippen LogP contribution >= 0.6 is 0 Å². The van der Waals surface area contributed by atoms with Crippen LogP contribution < -0.4 is 0 Å². The van der Waals surface area contributed by atoms with Gasteiger partial charge in [0.25, 0.3) is 0 Å². The monoisotopic (exact) mass is 236 g/mol. The van der Waals surface area contributed by atoms with Gasteiger partial charge < -0.3 is 5.11 Å². The van der Waals surface area contributed by atoms with Crippen molar-refractivity contribution in [3.05, 3.63) is 70.8 Å². The molecule has 2 aliphatic carbocycles. The number of hydrogen-bond donors (Lipinski definition) is 1. The molecule has 2 aromatic rings. The van der Waals surface area contributed by atoms with Crippen LogP contribution in [0.1, 0.15) is 29.2 Å². The molecule has 2 aromatic carbocycles. The van der Waals surface area contributed by atoms with Crippen molar-refractivity contribution < 1.29 is 5.11 Å². The number of fused-ring (bicyclic) bond motifs is 5. The number of benzene rings is 2. The predicted octanol–water partition coefficient (Wildman–Crippen LogP) is 3.04. The number of hydrogen-bond acceptors (Lipinski definition) is 1. The van der Waals surface area contributed by atoms with Crippen LogP contribution in [0.25, 0.3) is 0 Å². The first-order valence-electron chi connectivity index (χ1n) is 6.54. The Balaban J connectivity index is 2.06. The summed E-state index contributed by atoms with van der Waals surface area (Å²) in [6, 6.07) is 16.7. The van der Waals surface area contributed by atoms with Crippen LogP contribution in [-0.4, -0.2) is 5.11 Å². The quantitative estimate of drug-likeness (QED) is 0.745. The third kappa shape index (κ3) is 0.979. The Bertz CT molecular complexity index is 592. The first-order chi connectivity index (χ1) is 8.65. The standard InChI is InChI=1S/C17H16O/c1-16-10-12-6-2-4-8-14(12)17(16,18)15-9-5-3-7-13(15)11-16/h2-9,18H,10-11H2,1H3. The fraction of sp³-hybridized carbons (Fsp3) is 0.294. The lowest BCUT2D eigenvalue weighted by atomic mass is 9.75. The molecule has 1 nitrogen and oxygen atoms in total. The first-order valence-corrected chi connectivity index (χ1v) is 6.54. The highest BCUT2D eigenvalue weighted by molar-refractivity contribution is 5.55. The zero-order valence-corrected chi connectivity index (χ0v) is 10.5. The fourth-order valence-corrected chi connectivity index (χ4v) is 4.01. The summed E-state index contributed by atoms with van der Waals surface area (Å²) in [5, 5.41) is 11.4. The minimum atomic E-state index is -0.791. The van der Waals surface area contributed by atoms with Crippen molar-refractivity contribution in [1.29, 1.82) is 0 Å². The van der Waals surface area contributed by atoms with Crippen molar-refractivity contribution in [2.24, 2.45) is 5.41 Å². The molecular formula is C17H16O. The molecule has 0 saturated carbocycles. The lowest BCUT2D eigenvalue weighted by Gasteiger charge is -2.34. The lowest BCUT2D eigenvalue weighted by Crippen LogP contribution is -2.37. The zero-order chi connectivity index (χ0) is 12.4. The summed E-state index contributed by atoms with van der Waals surface area (Å²) in [6.45, 7) is 2.22. The van der Waals surface area contributed by atoms with E-state index in [1.807, 2.05) is 12.1 Å². The summed E-state index contributed by atoms with van der Waals surface area (Å²) in [5.74, 6) is 0. The minimum Gasteiger partial charge on any atom is -0.380 e. The van der Waals surface area contributed by atoms with Gasteiger partial charge in [-0.1, -0.05) is 55.5 Å². The van der Waals surface area contributed by atoms with Crippen molar-refractivity contribution in [3.63, 3.8) is 0 Å². The molecule has 1 N–H and O–H groups in total. The van der Waals surface area contributed by atoms with E-state index < -0.39 is 5.60 Å². The average molecular weight is 236 g/mol. The van der Waals surface area contributed by atoms with Gasteiger partial charge in [-0.2, -0.15) is 0 Å². The van der Waals surface area contributed by atoms with E-state index in [9.17, 15) is 5.11 Å². The second kappa shape index (κ2) is 3.04. The van der Waals surface area contributed by atoms with Crippen molar-refractivity contribution in [2.75, 3.05) is 0 Å². The number of rotatable bonds is 0. The fourth-order valence-electron chi connectivity index (χ4n) is 4.01. The molecule has 0 fully saturated rings. The van der Waals surface area contributed by atoms with Gasteiger partial charge in [-0.05, 0) is 35.1 Å². The molecule has 0 aromatic heterocycles. The van der Waals surface area contributed by atoms with Crippen LogP contribution in [0.2, 0.25) is 0 Å². The molecule has 0 atom stereocenters. The van der Waals surface area contributed by atoms with E-state index >= 15 is 0 Å². The summed E-state index contributed by atoms with van der Waals surface area (Å²) in [6.07, 6.45) is 1.93. The van der Waals surface area contributed by atoms with Crippen LogP contribution in [0.5, 0.6) is 0 Å². The SMILES string of the molecule is CC12Cc3ccccc3C1(O)c1ccccc1C2. The van der Waals surface area contributed by atoms with Gasteiger partial charge in [0.05, 0.1) is 0 Å². The molecular weight excluding hydrogens is 220 g/mol. The molecule has 90 valence electrons. The van der Waals surface area contributed by atoms with Crippen molar-refractivity contribution in [3.8, 4) is 0 Å². The summed E-state index contributed by atoms with van der Waals surface area (Å²) in [7, 11) is 0. The van der Waals surface area contributed by atoms with Crippen LogP contribution in [0.15, 0.2) is 48.5 Å². The Labute approximate surface area is 107 Å². The van der Waals surface area contributed by atoms with E-state index in [4.69, 9.17) is 0 Å². The van der Waals surface area contributed by atoms with Gasteiger partial charge in [0, 0.05) is 5.41 Å². The molecule has 4 rings (SSSR count). The van der Waals surface area contributed by atoms with Gasteiger partial charge in [0.1, 0.15) is 5.60 Å². The highest BCUT2D eigenvalue weighted by Gasteiger charge is 2.59. The lowest BCUT2D eigenvalue weighted by molar-refractivity contribution is -0.0162. The van der Waals surface area contributed by atoms with E-state index in [2.05, 4.69) is 43.3 Å². The second-order valence-electron chi connectivity index (χ2n) is 5.94. The van der Waals surface area contributed by atoms with E-state index in [0.29, 0.717) is 0 Å². The zero-order valence-electron chi connectivity index (χ0n) is 10.5. The average Bonchev–Trinajstić information content (AvgIpc) is 2.72. The molecule has 0 radical (unpaired) electrons. The highest BCUT2D eigenvalue weighted by Crippen LogP contribution is 2.60. The Morgan fingerprint density at radius 1 is 0.833 bits per heavy atom. The minimum absolute atomic E-state index is 0.0830. The maximum Gasteiger partial charge on any atom is 0.121 e. The Morgan fingerprint density at radius 2 is 1.28 bits per heavy atom. The smallest absolute Gasteiger partial charge is 0.121 e. The van der Waals surface area contributed by atoms with Crippen molar-refractivity contribution in [1.82, 2.24) is 0 Å².